The Kier molecular flexibility index (Phi) is 4.97. The molecule has 156 valence electrons. The van der Waals surface area contributed by atoms with Crippen molar-refractivity contribution < 1.29 is 14.0 Å². The van der Waals surface area contributed by atoms with Crippen LogP contribution in [0.3, 0.4) is 0 Å². The molecule has 0 fully saturated rings. The van der Waals surface area contributed by atoms with Gasteiger partial charge in [-0.15, -0.1) is 11.3 Å². The smallest absolute Gasteiger partial charge is 0.276 e. The Hall–Kier alpha value is -4.30. The minimum absolute atomic E-state index is 0.0215. The fraction of sp³-hybridized carbons (Fsp3) is 0. The van der Waals surface area contributed by atoms with Gasteiger partial charge in [0.1, 0.15) is 11.3 Å². The van der Waals surface area contributed by atoms with Gasteiger partial charge in [0.2, 0.25) is 5.78 Å². The molecule has 0 saturated carbocycles. The first-order chi connectivity index (χ1) is 15.6. The Morgan fingerprint density at radius 1 is 0.906 bits per heavy atom. The lowest BCUT2D eigenvalue weighted by molar-refractivity contribution is 0.101. The van der Waals surface area contributed by atoms with Crippen molar-refractivity contribution in [3.8, 4) is 5.69 Å². The Labute approximate surface area is 185 Å². The Morgan fingerprint density at radius 3 is 2.47 bits per heavy atom. The number of para-hydroxylation sites is 2. The van der Waals surface area contributed by atoms with Crippen LogP contribution in [0.1, 0.15) is 25.9 Å². The Bertz CT molecular complexity index is 1500. The van der Waals surface area contributed by atoms with E-state index in [1.54, 1.807) is 66.0 Å². The van der Waals surface area contributed by atoms with Crippen LogP contribution in [-0.2, 0) is 0 Å². The van der Waals surface area contributed by atoms with E-state index < -0.39 is 5.91 Å². The van der Waals surface area contributed by atoms with E-state index in [1.807, 2.05) is 6.07 Å². The summed E-state index contributed by atoms with van der Waals surface area (Å²) in [6.45, 7) is 0. The van der Waals surface area contributed by atoms with Gasteiger partial charge in [0.05, 0.1) is 16.3 Å². The van der Waals surface area contributed by atoms with Gasteiger partial charge in [0.25, 0.3) is 11.5 Å². The third-order valence-electron chi connectivity index (χ3n) is 4.82. The second kappa shape index (κ2) is 8.09. The highest BCUT2D eigenvalue weighted by molar-refractivity contribution is 7.12. The highest BCUT2D eigenvalue weighted by atomic mass is 32.1. The summed E-state index contributed by atoms with van der Waals surface area (Å²) < 4.78 is 6.95. The number of fused-ring (bicyclic) bond motifs is 1. The standard InChI is InChI=1S/C24H15N3O4S/c28-20-13-12-17(26-27(20)15-7-2-1-3-8-15)24(30)25-21-16-9-4-5-10-18(16)31-23(21)22(29)19-11-6-14-32-19/h1-14H,(H,25,30). The summed E-state index contributed by atoms with van der Waals surface area (Å²) in [4.78, 5) is 38.8. The molecule has 3 heterocycles. The molecule has 7 nitrogen and oxygen atoms in total. The van der Waals surface area contributed by atoms with E-state index >= 15 is 0 Å². The predicted molar refractivity (Wildman–Crippen MR) is 122 cm³/mol. The van der Waals surface area contributed by atoms with Gasteiger partial charge in [-0.25, -0.2) is 0 Å². The van der Waals surface area contributed by atoms with Crippen LogP contribution in [0.5, 0.6) is 0 Å². The molecule has 0 atom stereocenters. The summed E-state index contributed by atoms with van der Waals surface area (Å²) in [6.07, 6.45) is 0. The summed E-state index contributed by atoms with van der Waals surface area (Å²) in [5, 5.41) is 9.36. The minimum Gasteiger partial charge on any atom is -0.450 e. The first kappa shape index (κ1) is 19.7. The summed E-state index contributed by atoms with van der Waals surface area (Å²) >= 11 is 1.29. The molecule has 0 aliphatic heterocycles. The zero-order valence-corrected chi connectivity index (χ0v) is 17.3. The lowest BCUT2D eigenvalue weighted by Crippen LogP contribution is -2.25. The second-order valence-electron chi connectivity index (χ2n) is 6.87. The molecular formula is C24H15N3O4S. The number of hydrogen-bond donors (Lipinski definition) is 1. The minimum atomic E-state index is -0.568. The maximum absolute atomic E-state index is 13.1. The monoisotopic (exact) mass is 441 g/mol. The van der Waals surface area contributed by atoms with E-state index in [0.29, 0.717) is 21.5 Å². The number of benzene rings is 2. The fourth-order valence-electron chi connectivity index (χ4n) is 3.31. The number of aromatic nitrogens is 2. The van der Waals surface area contributed by atoms with Gasteiger partial charge < -0.3 is 9.73 Å². The SMILES string of the molecule is O=C(Nc1c(C(=O)c2cccs2)oc2ccccc12)c1ccc(=O)n(-c2ccccc2)n1. The number of carbonyl (C=O) groups is 2. The van der Waals surface area contributed by atoms with Crippen molar-refractivity contribution in [3.63, 3.8) is 0 Å². The van der Waals surface area contributed by atoms with Crippen molar-refractivity contribution in [1.29, 1.82) is 0 Å². The topological polar surface area (TPSA) is 94.2 Å². The molecule has 0 bridgehead atoms. The number of rotatable bonds is 5. The van der Waals surface area contributed by atoms with Gasteiger partial charge in [-0.05, 0) is 41.8 Å². The maximum atomic E-state index is 13.1. The number of thiophene rings is 1. The van der Waals surface area contributed by atoms with Crippen LogP contribution in [0.2, 0.25) is 0 Å². The van der Waals surface area contributed by atoms with Gasteiger partial charge in [-0.3, -0.25) is 14.4 Å². The first-order valence-electron chi connectivity index (χ1n) is 9.69. The van der Waals surface area contributed by atoms with Gasteiger partial charge in [0.15, 0.2) is 5.76 Å². The number of amides is 1. The lowest BCUT2D eigenvalue weighted by Gasteiger charge is -2.08. The fourth-order valence-corrected chi connectivity index (χ4v) is 3.97. The highest BCUT2D eigenvalue weighted by Gasteiger charge is 2.25. The van der Waals surface area contributed by atoms with E-state index in [9.17, 15) is 14.4 Å². The quantitative estimate of drug-likeness (QED) is 0.405. The average Bonchev–Trinajstić information content (AvgIpc) is 3.48. The summed E-state index contributed by atoms with van der Waals surface area (Å²) in [6, 6.07) is 22.0. The second-order valence-corrected chi connectivity index (χ2v) is 7.81. The number of hydrogen-bond acceptors (Lipinski definition) is 6. The Balaban J connectivity index is 1.55. The number of furan rings is 1. The van der Waals surface area contributed by atoms with Crippen molar-refractivity contribution in [3.05, 3.63) is 111 Å². The van der Waals surface area contributed by atoms with Gasteiger partial charge in [0, 0.05) is 11.5 Å². The molecule has 0 spiro atoms. The third-order valence-corrected chi connectivity index (χ3v) is 5.69. The van der Waals surface area contributed by atoms with Gasteiger partial charge >= 0.3 is 0 Å². The van der Waals surface area contributed by atoms with Crippen molar-refractivity contribution in [2.24, 2.45) is 0 Å². The molecule has 5 aromatic rings. The molecule has 0 unspecified atom stereocenters. The summed E-state index contributed by atoms with van der Waals surface area (Å²) in [7, 11) is 0. The molecule has 1 amide bonds. The van der Waals surface area contributed by atoms with Crippen LogP contribution in [0.15, 0.2) is 93.5 Å². The molecule has 5 rings (SSSR count). The largest absolute Gasteiger partial charge is 0.450 e. The van der Waals surface area contributed by atoms with Crippen LogP contribution in [0, 0.1) is 0 Å². The summed E-state index contributed by atoms with van der Waals surface area (Å²) in [5.74, 6) is -0.853. The van der Waals surface area contributed by atoms with Crippen molar-refractivity contribution in [2.45, 2.75) is 0 Å². The van der Waals surface area contributed by atoms with Gasteiger partial charge in [-0.2, -0.15) is 9.78 Å². The first-order valence-corrected chi connectivity index (χ1v) is 10.6. The molecule has 0 saturated heterocycles. The maximum Gasteiger partial charge on any atom is 0.276 e. The predicted octanol–water partition coefficient (Wildman–Crippen LogP) is 4.52. The van der Waals surface area contributed by atoms with E-state index in [2.05, 4.69) is 10.4 Å². The van der Waals surface area contributed by atoms with Crippen LogP contribution in [0.25, 0.3) is 16.7 Å². The van der Waals surface area contributed by atoms with Crippen molar-refractivity contribution in [2.75, 3.05) is 5.32 Å². The van der Waals surface area contributed by atoms with Crippen LogP contribution < -0.4 is 10.9 Å². The average molecular weight is 441 g/mol. The number of nitrogens with zero attached hydrogens (tertiary/aromatic N) is 2. The van der Waals surface area contributed by atoms with E-state index in [-0.39, 0.29) is 28.5 Å². The third kappa shape index (κ3) is 3.52. The zero-order chi connectivity index (χ0) is 22.1. The molecule has 8 heteroatoms. The number of ketones is 1. The summed E-state index contributed by atoms with van der Waals surface area (Å²) in [5.41, 5.74) is 0.936. The van der Waals surface area contributed by atoms with Crippen LogP contribution >= 0.6 is 11.3 Å². The number of carbonyl (C=O) groups excluding carboxylic acids is 2. The van der Waals surface area contributed by atoms with Crippen molar-refractivity contribution >= 4 is 39.7 Å². The highest BCUT2D eigenvalue weighted by Crippen LogP contribution is 2.33. The van der Waals surface area contributed by atoms with E-state index in [4.69, 9.17) is 4.42 Å². The van der Waals surface area contributed by atoms with Crippen LogP contribution in [-0.4, -0.2) is 21.5 Å². The van der Waals surface area contributed by atoms with E-state index in [1.165, 1.54) is 23.5 Å². The number of anilines is 1. The molecule has 0 radical (unpaired) electrons. The molecule has 0 aliphatic carbocycles. The zero-order valence-electron chi connectivity index (χ0n) is 16.5. The molecule has 32 heavy (non-hydrogen) atoms. The molecule has 2 aromatic carbocycles. The molecule has 0 aliphatic rings. The normalized spacial score (nSPS) is 10.9. The number of nitrogens with one attached hydrogen (secondary N) is 1. The van der Waals surface area contributed by atoms with E-state index in [0.717, 1.165) is 4.68 Å². The molecule has 3 aromatic heterocycles. The lowest BCUT2D eigenvalue weighted by atomic mass is 10.1. The Morgan fingerprint density at radius 2 is 1.69 bits per heavy atom. The molecular weight excluding hydrogens is 426 g/mol. The van der Waals surface area contributed by atoms with Crippen LogP contribution in [0.4, 0.5) is 5.69 Å². The van der Waals surface area contributed by atoms with Crippen molar-refractivity contribution in [1.82, 2.24) is 9.78 Å². The molecule has 1 N–H and O–H groups in total. The van der Waals surface area contributed by atoms with Gasteiger partial charge in [-0.1, -0.05) is 36.4 Å².